The lowest BCUT2D eigenvalue weighted by atomic mass is 10.1. The van der Waals surface area contributed by atoms with E-state index >= 15 is 0 Å². The first-order valence-electron chi connectivity index (χ1n) is 7.13. The van der Waals surface area contributed by atoms with Gasteiger partial charge < -0.3 is 4.74 Å². The van der Waals surface area contributed by atoms with Crippen molar-refractivity contribution in [3.05, 3.63) is 0 Å². The molecule has 0 aromatic heterocycles. The molecule has 0 saturated heterocycles. The minimum Gasteiger partial charge on any atom is -0.465 e. The molecule has 0 spiro atoms. The van der Waals surface area contributed by atoms with Crippen molar-refractivity contribution in [3.8, 4) is 0 Å². The van der Waals surface area contributed by atoms with Crippen LogP contribution in [-0.2, 0) is 9.53 Å². The molecule has 0 fully saturated rings. The van der Waals surface area contributed by atoms with Crippen molar-refractivity contribution >= 4 is 17.7 Å². The van der Waals surface area contributed by atoms with Gasteiger partial charge in [0.25, 0.3) is 0 Å². The van der Waals surface area contributed by atoms with Crippen LogP contribution in [0.2, 0.25) is 0 Å². The number of rotatable bonds is 10. The predicted octanol–water partition coefficient (Wildman–Crippen LogP) is 4.82. The van der Waals surface area contributed by atoms with Gasteiger partial charge >= 0.3 is 12.1 Å². The number of hydrogen-bond donors (Lipinski definition) is 0. The molecule has 0 heterocycles. The summed E-state index contributed by atoms with van der Waals surface area (Å²) in [5, 5.41) is -0.176. The van der Waals surface area contributed by atoms with Gasteiger partial charge in [0.1, 0.15) is 5.25 Å². The molecule has 0 aliphatic heterocycles. The largest absolute Gasteiger partial charge is 0.465 e. The average molecular weight is 314 g/mol. The van der Waals surface area contributed by atoms with Gasteiger partial charge in [-0.2, -0.15) is 13.2 Å². The van der Waals surface area contributed by atoms with Gasteiger partial charge in [-0.3, -0.25) is 4.79 Å². The molecule has 0 N–H and O–H groups in total. The predicted molar refractivity (Wildman–Crippen MR) is 76.9 cm³/mol. The molecule has 0 bridgehead atoms. The van der Waals surface area contributed by atoms with Crippen molar-refractivity contribution < 1.29 is 22.7 Å². The molecule has 0 saturated carbocycles. The Morgan fingerprint density at radius 3 is 2.25 bits per heavy atom. The van der Waals surface area contributed by atoms with Crippen LogP contribution >= 0.6 is 11.8 Å². The summed E-state index contributed by atoms with van der Waals surface area (Å²) in [6.07, 6.45) is -2.34. The topological polar surface area (TPSA) is 26.3 Å². The SMILES string of the molecule is CCOC(=O)C(SCCCCCCC(F)(F)F)C(C)C. The van der Waals surface area contributed by atoms with E-state index in [0.717, 1.165) is 18.6 Å². The minimum absolute atomic E-state index is 0.176. The summed E-state index contributed by atoms with van der Waals surface area (Å²) in [6, 6.07) is 0. The third-order valence-electron chi connectivity index (χ3n) is 2.78. The van der Waals surface area contributed by atoms with Crippen LogP contribution in [0.4, 0.5) is 13.2 Å². The zero-order valence-electron chi connectivity index (χ0n) is 12.5. The van der Waals surface area contributed by atoms with Crippen LogP contribution in [0, 0.1) is 5.92 Å². The highest BCUT2D eigenvalue weighted by atomic mass is 32.2. The van der Waals surface area contributed by atoms with Gasteiger partial charge in [-0.15, -0.1) is 11.8 Å². The van der Waals surface area contributed by atoms with E-state index < -0.39 is 12.6 Å². The van der Waals surface area contributed by atoms with Gasteiger partial charge in [0.15, 0.2) is 0 Å². The van der Waals surface area contributed by atoms with Gasteiger partial charge in [0, 0.05) is 6.42 Å². The third kappa shape index (κ3) is 10.4. The number of halogens is 3. The Bertz CT molecular complexity index is 268. The number of hydrogen-bond acceptors (Lipinski definition) is 3. The first-order chi connectivity index (χ1) is 9.28. The molecule has 0 aromatic rings. The smallest absolute Gasteiger partial charge is 0.389 e. The van der Waals surface area contributed by atoms with E-state index in [4.69, 9.17) is 4.74 Å². The van der Waals surface area contributed by atoms with Gasteiger partial charge in [-0.1, -0.05) is 26.7 Å². The molecule has 6 heteroatoms. The molecule has 0 aliphatic rings. The van der Waals surface area contributed by atoms with Gasteiger partial charge in [0.05, 0.1) is 6.61 Å². The molecule has 0 aromatic carbocycles. The monoisotopic (exact) mass is 314 g/mol. The summed E-state index contributed by atoms with van der Waals surface area (Å²) >= 11 is 1.54. The maximum absolute atomic E-state index is 11.9. The van der Waals surface area contributed by atoms with Crippen molar-refractivity contribution in [3.63, 3.8) is 0 Å². The second-order valence-electron chi connectivity index (χ2n) is 5.07. The molecule has 0 radical (unpaired) electrons. The van der Waals surface area contributed by atoms with Crippen LogP contribution in [0.15, 0.2) is 0 Å². The Morgan fingerprint density at radius 2 is 1.75 bits per heavy atom. The standard InChI is InChI=1S/C14H25F3O2S/c1-4-19-13(18)12(11(2)3)20-10-8-6-5-7-9-14(15,16)17/h11-12H,4-10H2,1-3H3. The number of thioether (sulfide) groups is 1. The second kappa shape index (κ2) is 10.4. The summed E-state index contributed by atoms with van der Waals surface area (Å²) in [4.78, 5) is 11.7. The summed E-state index contributed by atoms with van der Waals surface area (Å²) < 4.78 is 40.8. The summed E-state index contributed by atoms with van der Waals surface area (Å²) in [6.45, 7) is 6.09. The summed E-state index contributed by atoms with van der Waals surface area (Å²) in [7, 11) is 0. The van der Waals surface area contributed by atoms with Gasteiger partial charge in [-0.05, 0) is 31.4 Å². The Balaban J connectivity index is 3.72. The van der Waals surface area contributed by atoms with E-state index in [2.05, 4.69) is 0 Å². The summed E-state index contributed by atoms with van der Waals surface area (Å²) in [5.74, 6) is 0.794. The van der Waals surface area contributed by atoms with Gasteiger partial charge in [-0.25, -0.2) is 0 Å². The molecule has 0 aliphatic carbocycles. The van der Waals surface area contributed by atoms with E-state index in [0.29, 0.717) is 13.0 Å². The first-order valence-corrected chi connectivity index (χ1v) is 8.17. The van der Waals surface area contributed by atoms with Crippen LogP contribution in [-0.4, -0.2) is 29.8 Å². The molecule has 1 atom stereocenters. The van der Waals surface area contributed by atoms with E-state index in [1.54, 1.807) is 18.7 Å². The second-order valence-corrected chi connectivity index (χ2v) is 6.32. The Labute approximate surface area is 123 Å². The van der Waals surface area contributed by atoms with Crippen LogP contribution < -0.4 is 0 Å². The number of ether oxygens (including phenoxy) is 1. The molecule has 0 rings (SSSR count). The van der Waals surface area contributed by atoms with Crippen LogP contribution in [0.3, 0.4) is 0 Å². The minimum atomic E-state index is -4.04. The normalized spacial score (nSPS) is 13.6. The maximum Gasteiger partial charge on any atom is 0.389 e. The highest BCUT2D eigenvalue weighted by molar-refractivity contribution is 8.00. The molecular formula is C14H25F3O2S. The molecule has 120 valence electrons. The molecule has 1 unspecified atom stereocenters. The fourth-order valence-corrected chi connectivity index (χ4v) is 2.96. The number of carbonyl (C=O) groups is 1. The number of alkyl halides is 3. The van der Waals surface area contributed by atoms with Crippen molar-refractivity contribution in [2.75, 3.05) is 12.4 Å². The van der Waals surface area contributed by atoms with Crippen molar-refractivity contribution in [1.82, 2.24) is 0 Å². The number of esters is 1. The van der Waals surface area contributed by atoms with Crippen molar-refractivity contribution in [2.45, 2.75) is 64.3 Å². The highest BCUT2D eigenvalue weighted by Gasteiger charge is 2.26. The quantitative estimate of drug-likeness (QED) is 0.427. The Morgan fingerprint density at radius 1 is 1.15 bits per heavy atom. The lowest BCUT2D eigenvalue weighted by Gasteiger charge is -2.18. The van der Waals surface area contributed by atoms with E-state index in [-0.39, 0.29) is 23.6 Å². The van der Waals surface area contributed by atoms with Crippen molar-refractivity contribution in [1.29, 1.82) is 0 Å². The molecule has 2 nitrogen and oxygen atoms in total. The van der Waals surface area contributed by atoms with E-state index in [9.17, 15) is 18.0 Å². The van der Waals surface area contributed by atoms with Crippen LogP contribution in [0.25, 0.3) is 0 Å². The fourth-order valence-electron chi connectivity index (χ4n) is 1.75. The molecular weight excluding hydrogens is 289 g/mol. The van der Waals surface area contributed by atoms with Crippen molar-refractivity contribution in [2.24, 2.45) is 5.92 Å². The average Bonchev–Trinajstić information content (AvgIpc) is 2.30. The first kappa shape index (κ1) is 19.6. The number of carbonyl (C=O) groups excluding carboxylic acids is 1. The highest BCUT2D eigenvalue weighted by Crippen LogP contribution is 2.25. The Hall–Kier alpha value is -0.390. The lowest BCUT2D eigenvalue weighted by Crippen LogP contribution is -2.26. The Kier molecular flexibility index (Phi) is 10.2. The van der Waals surface area contributed by atoms with E-state index in [1.165, 1.54) is 0 Å². The number of unbranched alkanes of at least 4 members (excludes halogenated alkanes) is 3. The van der Waals surface area contributed by atoms with E-state index in [1.807, 2.05) is 13.8 Å². The maximum atomic E-state index is 11.9. The third-order valence-corrected chi connectivity index (χ3v) is 4.40. The lowest BCUT2D eigenvalue weighted by molar-refractivity contribution is -0.143. The van der Waals surface area contributed by atoms with Crippen LogP contribution in [0.5, 0.6) is 0 Å². The van der Waals surface area contributed by atoms with Gasteiger partial charge in [0.2, 0.25) is 0 Å². The summed E-state index contributed by atoms with van der Waals surface area (Å²) in [5.41, 5.74) is 0. The molecule has 20 heavy (non-hydrogen) atoms. The molecule has 0 amide bonds. The van der Waals surface area contributed by atoms with Crippen LogP contribution in [0.1, 0.15) is 52.9 Å². The fraction of sp³-hybridized carbons (Fsp3) is 0.929. The zero-order valence-corrected chi connectivity index (χ0v) is 13.3. The zero-order chi connectivity index (χ0) is 15.6.